The fourth-order valence-corrected chi connectivity index (χ4v) is 7.30. The molecule has 15 heteroatoms. The Morgan fingerprint density at radius 2 is 1.65 bits per heavy atom. The normalized spacial score (nSPS) is 15.3. The van der Waals surface area contributed by atoms with Crippen LogP contribution < -0.4 is 14.8 Å². The van der Waals surface area contributed by atoms with Crippen molar-refractivity contribution in [2.45, 2.75) is 45.5 Å². The molecule has 2 aliphatic rings. The van der Waals surface area contributed by atoms with Gasteiger partial charge in [0.2, 0.25) is 11.8 Å². The highest BCUT2D eigenvalue weighted by Crippen LogP contribution is 2.37. The molecule has 1 atom stereocenters. The summed E-state index contributed by atoms with van der Waals surface area (Å²) in [5, 5.41) is 31.5. The van der Waals surface area contributed by atoms with Crippen LogP contribution in [0, 0.1) is 6.92 Å². The quantitative estimate of drug-likeness (QED) is 0.103. The molecule has 0 radical (unpaired) electrons. The number of hydrogen-bond acceptors (Lipinski definition) is 11. The van der Waals surface area contributed by atoms with E-state index >= 15 is 0 Å². The molecular formula is C42H38N6O9. The zero-order valence-electron chi connectivity index (χ0n) is 30.9. The number of aromatic hydroxyl groups is 2. The van der Waals surface area contributed by atoms with E-state index in [0.29, 0.717) is 31.1 Å². The van der Waals surface area contributed by atoms with Gasteiger partial charge in [0.25, 0.3) is 11.8 Å². The highest BCUT2D eigenvalue weighted by Gasteiger charge is 2.46. The largest absolute Gasteiger partial charge is 0.508 e. The molecular weight excluding hydrogens is 732 g/mol. The fraction of sp³-hybridized carbons (Fsp3) is 0.238. The third-order valence-corrected chi connectivity index (χ3v) is 10.0. The van der Waals surface area contributed by atoms with Crippen LogP contribution in [0.2, 0.25) is 0 Å². The highest BCUT2D eigenvalue weighted by molar-refractivity contribution is 6.24. The van der Waals surface area contributed by atoms with Crippen LogP contribution in [0.4, 0.5) is 0 Å². The van der Waals surface area contributed by atoms with E-state index in [-0.39, 0.29) is 61.0 Å². The van der Waals surface area contributed by atoms with Crippen molar-refractivity contribution in [2.24, 2.45) is 0 Å². The predicted octanol–water partition coefficient (Wildman–Crippen LogP) is 4.74. The van der Waals surface area contributed by atoms with E-state index < -0.39 is 29.7 Å². The summed E-state index contributed by atoms with van der Waals surface area (Å²) in [5.41, 5.74) is 5.89. The van der Waals surface area contributed by atoms with Crippen LogP contribution in [-0.4, -0.2) is 84.2 Å². The number of amides is 4. The van der Waals surface area contributed by atoms with E-state index in [1.165, 1.54) is 6.07 Å². The maximum absolute atomic E-state index is 13.3. The van der Waals surface area contributed by atoms with Gasteiger partial charge in [0.1, 0.15) is 47.9 Å². The molecule has 4 heterocycles. The summed E-state index contributed by atoms with van der Waals surface area (Å²) in [6, 6.07) is 24.0. The number of fused-ring (bicyclic) bond motifs is 2. The van der Waals surface area contributed by atoms with Gasteiger partial charge in [0.05, 0.1) is 42.8 Å². The van der Waals surface area contributed by atoms with Gasteiger partial charge in [-0.1, -0.05) is 23.4 Å². The molecule has 0 bridgehead atoms. The topological polar surface area (TPSA) is 187 Å². The Hall–Kier alpha value is -7.00. The Labute approximate surface area is 326 Å². The second kappa shape index (κ2) is 15.6. The minimum Gasteiger partial charge on any atom is -0.508 e. The predicted molar refractivity (Wildman–Crippen MR) is 205 cm³/mol. The number of nitrogens with one attached hydrogen (secondary N) is 1. The van der Waals surface area contributed by atoms with Gasteiger partial charge in [-0.3, -0.25) is 29.4 Å². The average molecular weight is 771 g/mol. The molecule has 0 aliphatic carbocycles. The van der Waals surface area contributed by atoms with E-state index in [4.69, 9.17) is 14.2 Å². The van der Waals surface area contributed by atoms with Crippen LogP contribution in [0.1, 0.15) is 50.4 Å². The SMILES string of the molecule is Cc1c(-c2ccc(O)cc2)n(Cc2ccc(OCCn3cc(COCCOc4cccc5c4C(=O)N(C4CCC(=O)NC4=O)C5=O)nn3)cc2)c2ccc(O)cc12. The van der Waals surface area contributed by atoms with Gasteiger partial charge >= 0.3 is 0 Å². The highest BCUT2D eigenvalue weighted by atomic mass is 16.5. The van der Waals surface area contributed by atoms with Crippen LogP contribution in [-0.2, 0) is 34.0 Å². The average Bonchev–Trinajstić information content (AvgIpc) is 3.84. The summed E-state index contributed by atoms with van der Waals surface area (Å²) < 4.78 is 21.4. The minimum absolute atomic E-state index is 0.0376. The number of nitrogens with zero attached hydrogens (tertiary/aromatic N) is 5. The lowest BCUT2D eigenvalue weighted by Gasteiger charge is -2.27. The first-order chi connectivity index (χ1) is 27.6. The first-order valence-corrected chi connectivity index (χ1v) is 18.4. The summed E-state index contributed by atoms with van der Waals surface area (Å²) in [4.78, 5) is 51.2. The van der Waals surface area contributed by atoms with Gasteiger partial charge in [-0.15, -0.1) is 5.10 Å². The van der Waals surface area contributed by atoms with Crippen LogP contribution in [0.5, 0.6) is 23.0 Å². The molecule has 4 amide bonds. The number of aryl methyl sites for hydroxylation is 1. The number of hydrogen-bond donors (Lipinski definition) is 3. The zero-order chi connectivity index (χ0) is 39.6. The molecule has 1 fully saturated rings. The Morgan fingerprint density at radius 3 is 2.44 bits per heavy atom. The zero-order valence-corrected chi connectivity index (χ0v) is 30.9. The van der Waals surface area contributed by atoms with Crippen molar-refractivity contribution in [3.05, 3.63) is 119 Å². The van der Waals surface area contributed by atoms with Crippen molar-refractivity contribution in [1.29, 1.82) is 0 Å². The van der Waals surface area contributed by atoms with Crippen molar-refractivity contribution in [3.63, 3.8) is 0 Å². The second-order valence-electron chi connectivity index (χ2n) is 13.8. The van der Waals surface area contributed by atoms with Gasteiger partial charge in [-0.2, -0.15) is 0 Å². The van der Waals surface area contributed by atoms with Gasteiger partial charge in [-0.05, 0) is 96.8 Å². The van der Waals surface area contributed by atoms with Crippen LogP contribution in [0.15, 0.2) is 91.1 Å². The molecule has 1 saturated heterocycles. The van der Waals surface area contributed by atoms with E-state index in [1.807, 2.05) is 49.4 Å². The Morgan fingerprint density at radius 1 is 0.860 bits per heavy atom. The molecule has 0 saturated carbocycles. The number of phenolic OH excluding ortho intramolecular Hbond substituents is 2. The maximum atomic E-state index is 13.3. The lowest BCUT2D eigenvalue weighted by molar-refractivity contribution is -0.136. The van der Waals surface area contributed by atoms with E-state index in [2.05, 4.69) is 20.2 Å². The summed E-state index contributed by atoms with van der Waals surface area (Å²) in [6.45, 7) is 3.86. The van der Waals surface area contributed by atoms with E-state index in [0.717, 1.165) is 38.2 Å². The first-order valence-electron chi connectivity index (χ1n) is 18.4. The number of carbonyl (C=O) groups is 4. The lowest BCUT2D eigenvalue weighted by Crippen LogP contribution is -2.54. The Bertz CT molecular complexity index is 2510. The van der Waals surface area contributed by atoms with Crippen molar-refractivity contribution in [3.8, 4) is 34.3 Å². The monoisotopic (exact) mass is 770 g/mol. The third kappa shape index (κ3) is 7.52. The molecule has 57 heavy (non-hydrogen) atoms. The number of imide groups is 2. The molecule has 1 unspecified atom stereocenters. The van der Waals surface area contributed by atoms with Crippen molar-refractivity contribution >= 4 is 34.5 Å². The van der Waals surface area contributed by atoms with Crippen LogP contribution in [0.25, 0.3) is 22.2 Å². The van der Waals surface area contributed by atoms with Crippen molar-refractivity contribution in [2.75, 3.05) is 19.8 Å². The molecule has 6 aromatic rings. The van der Waals surface area contributed by atoms with Gasteiger partial charge in [0, 0.05) is 23.9 Å². The smallest absolute Gasteiger partial charge is 0.266 e. The lowest BCUT2D eigenvalue weighted by atomic mass is 10.0. The van der Waals surface area contributed by atoms with Gasteiger partial charge < -0.3 is 29.0 Å². The van der Waals surface area contributed by atoms with Gasteiger partial charge in [-0.25, -0.2) is 4.68 Å². The standard InChI is InChI=1S/C42H38N6O9/c1-25-33-21-30(50)11-14-34(33)47(39(25)27-7-9-29(49)10-8-27)22-26-5-12-31(13-6-26)56-18-17-46-23-28(44-45-46)24-55-19-20-57-36-4-2-3-32-38(36)42(54)48(41(32)53)35-15-16-37(51)43-40(35)52/h2-14,21,23,35,49-50H,15-20,22,24H2,1H3,(H,43,51,52). The number of aromatic nitrogens is 4. The minimum atomic E-state index is -1.06. The number of ether oxygens (including phenoxy) is 3. The molecule has 0 spiro atoms. The number of rotatable bonds is 14. The van der Waals surface area contributed by atoms with Crippen molar-refractivity contribution in [1.82, 2.24) is 29.8 Å². The summed E-state index contributed by atoms with van der Waals surface area (Å²) in [7, 11) is 0. The first kappa shape index (κ1) is 36.9. The molecule has 8 rings (SSSR count). The molecule has 2 aliphatic heterocycles. The summed E-state index contributed by atoms with van der Waals surface area (Å²) in [5.74, 6) is -1.04. The molecule has 15 nitrogen and oxygen atoms in total. The number of benzene rings is 4. The van der Waals surface area contributed by atoms with Crippen molar-refractivity contribution < 1.29 is 43.6 Å². The maximum Gasteiger partial charge on any atom is 0.266 e. The third-order valence-electron chi connectivity index (χ3n) is 10.0. The second-order valence-corrected chi connectivity index (χ2v) is 13.8. The molecule has 3 N–H and O–H groups in total. The van der Waals surface area contributed by atoms with E-state index in [1.54, 1.807) is 47.3 Å². The molecule has 4 aromatic carbocycles. The van der Waals surface area contributed by atoms with Crippen LogP contribution in [0.3, 0.4) is 0 Å². The number of phenols is 2. The Kier molecular flexibility index (Phi) is 10.1. The number of piperidine rings is 1. The molecule has 290 valence electrons. The fourth-order valence-electron chi connectivity index (χ4n) is 7.30. The number of carbonyl (C=O) groups excluding carboxylic acids is 4. The van der Waals surface area contributed by atoms with Crippen LogP contribution >= 0.6 is 0 Å². The summed E-state index contributed by atoms with van der Waals surface area (Å²) >= 11 is 0. The summed E-state index contributed by atoms with van der Waals surface area (Å²) in [6.07, 6.45) is 1.87. The van der Waals surface area contributed by atoms with E-state index in [9.17, 15) is 29.4 Å². The molecule has 2 aromatic heterocycles. The Balaban J connectivity index is 0.806. The van der Waals surface area contributed by atoms with Gasteiger partial charge in [0.15, 0.2) is 0 Å².